The predicted octanol–water partition coefficient (Wildman–Crippen LogP) is 0.867. The number of allylic oxidation sites excluding steroid dienone is 4. The van der Waals surface area contributed by atoms with Gasteiger partial charge in [-0.2, -0.15) is 0 Å². The molecule has 2 aliphatic rings. The lowest BCUT2D eigenvalue weighted by atomic mass is 9.90. The van der Waals surface area contributed by atoms with E-state index in [9.17, 15) is 14.4 Å². The summed E-state index contributed by atoms with van der Waals surface area (Å²) in [6.45, 7) is 0. The zero-order chi connectivity index (χ0) is 11.7. The molecule has 1 atom stereocenters. The van der Waals surface area contributed by atoms with Crippen LogP contribution in [0.25, 0.3) is 0 Å². The minimum absolute atomic E-state index is 0.141. The average Bonchev–Trinajstić information content (AvgIpc) is 2.32. The lowest BCUT2D eigenvalue weighted by molar-refractivity contribution is -0.123. The van der Waals surface area contributed by atoms with Crippen LogP contribution in [0.5, 0.6) is 0 Å². The van der Waals surface area contributed by atoms with E-state index >= 15 is 0 Å². The van der Waals surface area contributed by atoms with Crippen LogP contribution < -0.4 is 0 Å². The van der Waals surface area contributed by atoms with Crippen LogP contribution in [0.4, 0.5) is 0 Å². The molecule has 82 valence electrons. The highest BCUT2D eigenvalue weighted by Crippen LogP contribution is 2.24. The highest BCUT2D eigenvalue weighted by Gasteiger charge is 2.29. The van der Waals surface area contributed by atoms with Gasteiger partial charge in [0.2, 0.25) is 0 Å². The zero-order valence-electron chi connectivity index (χ0n) is 8.10. The molecule has 0 amide bonds. The lowest BCUT2D eigenvalue weighted by Crippen LogP contribution is -2.28. The second-order valence-electron chi connectivity index (χ2n) is 3.33. The van der Waals surface area contributed by atoms with Crippen molar-refractivity contribution < 1.29 is 19.1 Å². The molecule has 5 heteroatoms. The molecule has 0 N–H and O–H groups in total. The Kier molecular flexibility index (Phi) is 2.87. The Bertz CT molecular complexity index is 470. The van der Waals surface area contributed by atoms with E-state index in [-0.39, 0.29) is 33.8 Å². The number of ether oxygens (including phenoxy) is 1. The monoisotopic (exact) mass is 282 g/mol. The van der Waals surface area contributed by atoms with Crippen molar-refractivity contribution in [2.24, 2.45) is 0 Å². The van der Waals surface area contributed by atoms with Crippen LogP contribution in [0.3, 0.4) is 0 Å². The van der Waals surface area contributed by atoms with Gasteiger partial charge >= 0.3 is 0 Å². The molecule has 1 heterocycles. The first kappa shape index (κ1) is 11.0. The molecule has 0 bridgehead atoms. The van der Waals surface area contributed by atoms with Gasteiger partial charge in [0.15, 0.2) is 23.5 Å². The smallest absolute Gasteiger partial charge is 0.189 e. The molecule has 0 saturated carbocycles. The number of carbonyl (C=O) groups is 3. The third-order valence-electron chi connectivity index (χ3n) is 2.31. The van der Waals surface area contributed by atoms with Gasteiger partial charge in [-0.3, -0.25) is 14.4 Å². The van der Waals surface area contributed by atoms with Gasteiger partial charge in [0.25, 0.3) is 0 Å². The SMILES string of the molecule is O=C1C=CC(=O)C2=CC(C(=O)CBr)OC=C12. The standard InChI is InChI=1S/C11H7BrO4/c12-4-10(15)11-3-6-7(5-16-11)9(14)2-1-8(6)13/h1-3,5,11H,4H2. The maximum absolute atomic E-state index is 11.5. The quantitative estimate of drug-likeness (QED) is 0.705. The summed E-state index contributed by atoms with van der Waals surface area (Å²) >= 11 is 3.02. The van der Waals surface area contributed by atoms with Gasteiger partial charge in [0.05, 0.1) is 17.2 Å². The van der Waals surface area contributed by atoms with Crippen LogP contribution >= 0.6 is 15.9 Å². The van der Waals surface area contributed by atoms with E-state index in [4.69, 9.17) is 4.74 Å². The first-order chi connectivity index (χ1) is 7.63. The first-order valence-corrected chi connectivity index (χ1v) is 5.69. The van der Waals surface area contributed by atoms with E-state index in [0.717, 1.165) is 0 Å². The van der Waals surface area contributed by atoms with Crippen molar-refractivity contribution in [1.29, 1.82) is 0 Å². The second kappa shape index (κ2) is 4.17. The summed E-state index contributed by atoms with van der Waals surface area (Å²) < 4.78 is 5.09. The average molecular weight is 283 g/mol. The van der Waals surface area contributed by atoms with Crippen molar-refractivity contribution in [3.05, 3.63) is 35.6 Å². The van der Waals surface area contributed by atoms with Gasteiger partial charge in [0.1, 0.15) is 0 Å². The Morgan fingerprint density at radius 1 is 1.25 bits per heavy atom. The van der Waals surface area contributed by atoms with Crippen molar-refractivity contribution in [3.63, 3.8) is 0 Å². The van der Waals surface area contributed by atoms with Crippen LogP contribution in [-0.4, -0.2) is 28.8 Å². The van der Waals surface area contributed by atoms with Crippen LogP contribution in [0, 0.1) is 0 Å². The van der Waals surface area contributed by atoms with Crippen LogP contribution in [0.1, 0.15) is 0 Å². The fourth-order valence-electron chi connectivity index (χ4n) is 1.47. The molecule has 1 aliphatic heterocycles. The van der Waals surface area contributed by atoms with E-state index in [1.165, 1.54) is 24.5 Å². The fourth-order valence-corrected chi connectivity index (χ4v) is 1.79. The fraction of sp³-hybridized carbons (Fsp3) is 0.182. The molecular formula is C11H7BrO4. The molecule has 1 aliphatic carbocycles. The normalized spacial score (nSPS) is 23.2. The molecule has 2 rings (SSSR count). The number of Topliss-reactive ketones (excluding diaryl/α,β-unsaturated/α-hetero) is 1. The van der Waals surface area contributed by atoms with Crippen LogP contribution in [0.15, 0.2) is 35.6 Å². The van der Waals surface area contributed by atoms with E-state index in [2.05, 4.69) is 15.9 Å². The molecule has 0 saturated heterocycles. The number of rotatable bonds is 2. The Labute approximate surface area is 99.8 Å². The van der Waals surface area contributed by atoms with E-state index in [1.807, 2.05) is 0 Å². The maximum atomic E-state index is 11.5. The predicted molar refractivity (Wildman–Crippen MR) is 59.0 cm³/mol. The molecule has 0 aromatic carbocycles. The number of halogens is 1. The van der Waals surface area contributed by atoms with Gasteiger partial charge < -0.3 is 4.74 Å². The van der Waals surface area contributed by atoms with Gasteiger partial charge in [-0.05, 0) is 18.2 Å². The summed E-state index contributed by atoms with van der Waals surface area (Å²) in [5.74, 6) is -0.755. The van der Waals surface area contributed by atoms with Crippen molar-refractivity contribution in [3.8, 4) is 0 Å². The van der Waals surface area contributed by atoms with E-state index in [1.54, 1.807) is 0 Å². The Morgan fingerprint density at radius 2 is 1.88 bits per heavy atom. The number of fused-ring (bicyclic) bond motifs is 1. The van der Waals surface area contributed by atoms with Crippen molar-refractivity contribution in [2.45, 2.75) is 6.10 Å². The third-order valence-corrected chi connectivity index (χ3v) is 2.86. The topological polar surface area (TPSA) is 60.4 Å². The number of hydrogen-bond donors (Lipinski definition) is 0. The van der Waals surface area contributed by atoms with Gasteiger partial charge in [-0.15, -0.1) is 0 Å². The number of alkyl halides is 1. The van der Waals surface area contributed by atoms with Crippen molar-refractivity contribution >= 4 is 33.3 Å². The van der Waals surface area contributed by atoms with E-state index in [0.29, 0.717) is 0 Å². The van der Waals surface area contributed by atoms with Gasteiger partial charge in [-0.1, -0.05) is 15.9 Å². The highest BCUT2D eigenvalue weighted by molar-refractivity contribution is 9.09. The largest absolute Gasteiger partial charge is 0.485 e. The number of ketones is 3. The molecule has 0 radical (unpaired) electrons. The number of carbonyl (C=O) groups excluding carboxylic acids is 3. The highest BCUT2D eigenvalue weighted by atomic mass is 79.9. The Hall–Kier alpha value is -1.49. The summed E-state index contributed by atoms with van der Waals surface area (Å²) in [6.07, 6.45) is 4.18. The Balaban J connectivity index is 2.37. The number of hydrogen-bond acceptors (Lipinski definition) is 4. The first-order valence-electron chi connectivity index (χ1n) is 4.56. The van der Waals surface area contributed by atoms with Crippen molar-refractivity contribution in [2.75, 3.05) is 5.33 Å². The maximum Gasteiger partial charge on any atom is 0.189 e. The summed E-state index contributed by atoms with van der Waals surface area (Å²) in [6, 6.07) is 0. The summed E-state index contributed by atoms with van der Waals surface area (Å²) in [7, 11) is 0. The Morgan fingerprint density at radius 3 is 2.50 bits per heavy atom. The zero-order valence-corrected chi connectivity index (χ0v) is 9.69. The third kappa shape index (κ3) is 1.78. The molecule has 1 unspecified atom stereocenters. The molecule has 0 aromatic rings. The van der Waals surface area contributed by atoms with Crippen molar-refractivity contribution in [1.82, 2.24) is 0 Å². The summed E-state index contributed by atoms with van der Waals surface area (Å²) in [5, 5.41) is 0.141. The minimum atomic E-state index is -0.790. The molecular weight excluding hydrogens is 276 g/mol. The molecule has 16 heavy (non-hydrogen) atoms. The molecule has 0 spiro atoms. The molecule has 0 fully saturated rings. The minimum Gasteiger partial charge on any atom is -0.485 e. The lowest BCUT2D eigenvalue weighted by Gasteiger charge is -2.20. The van der Waals surface area contributed by atoms with Gasteiger partial charge in [0, 0.05) is 5.57 Å². The summed E-state index contributed by atoms with van der Waals surface area (Å²) in [5.41, 5.74) is 0.462. The summed E-state index contributed by atoms with van der Waals surface area (Å²) in [4.78, 5) is 34.3. The van der Waals surface area contributed by atoms with Gasteiger partial charge in [-0.25, -0.2) is 0 Å². The van der Waals surface area contributed by atoms with Crippen LogP contribution in [0.2, 0.25) is 0 Å². The molecule has 4 nitrogen and oxygen atoms in total. The molecule has 0 aromatic heterocycles. The van der Waals surface area contributed by atoms with Crippen LogP contribution in [-0.2, 0) is 19.1 Å². The second-order valence-corrected chi connectivity index (χ2v) is 3.89. The van der Waals surface area contributed by atoms with E-state index < -0.39 is 6.10 Å².